The third kappa shape index (κ3) is 4.19. The van der Waals surface area contributed by atoms with E-state index in [1.807, 2.05) is 48.5 Å². The molecule has 5 heteroatoms. The van der Waals surface area contributed by atoms with Gasteiger partial charge in [0.25, 0.3) is 0 Å². The van der Waals surface area contributed by atoms with Gasteiger partial charge in [0.2, 0.25) is 0 Å². The molecule has 2 aromatic carbocycles. The van der Waals surface area contributed by atoms with Crippen LogP contribution < -0.4 is 0 Å². The highest BCUT2D eigenvalue weighted by Crippen LogP contribution is 2.23. The Morgan fingerprint density at radius 2 is 1.84 bits per heavy atom. The molecule has 0 saturated carbocycles. The number of halogens is 1. The van der Waals surface area contributed by atoms with Crippen molar-refractivity contribution < 1.29 is 5.02 Å². The largest absolute Gasteiger partial charge is 0.450 e. The number of hydrogen-bond donors (Lipinski definition) is 1. The maximum absolute atomic E-state index is 8.98. The van der Waals surface area contributed by atoms with Crippen molar-refractivity contribution in [3.05, 3.63) is 59.1 Å². The van der Waals surface area contributed by atoms with Gasteiger partial charge in [-0.15, -0.1) is 0 Å². The van der Waals surface area contributed by atoms with E-state index in [1.54, 1.807) is 6.82 Å². The first-order chi connectivity index (χ1) is 9.15. The topological polar surface area (TPSA) is 45.0 Å². The summed E-state index contributed by atoms with van der Waals surface area (Å²) in [6.45, 7) is 2.05. The third-order valence-corrected chi connectivity index (χ3v) is 2.85. The molecule has 0 unspecified atom stereocenters. The predicted molar refractivity (Wildman–Crippen MR) is 79.3 cm³/mol. The fourth-order valence-electron chi connectivity index (χ4n) is 1.71. The molecule has 0 heterocycles. The van der Waals surface area contributed by atoms with Gasteiger partial charge < -0.3 is 5.02 Å². The normalized spacial score (nSPS) is 10.9. The van der Waals surface area contributed by atoms with Crippen LogP contribution >= 0.6 is 11.6 Å². The van der Waals surface area contributed by atoms with E-state index in [-0.39, 0.29) is 0 Å². The summed E-state index contributed by atoms with van der Waals surface area (Å²) in [4.78, 5) is 0. The van der Waals surface area contributed by atoms with Crippen molar-refractivity contribution in [3.8, 4) is 11.1 Å². The minimum Gasteiger partial charge on any atom is -0.430 e. The lowest BCUT2D eigenvalue weighted by molar-refractivity contribution is 0.575. The van der Waals surface area contributed by atoms with Gasteiger partial charge in [-0.3, -0.25) is 0 Å². The maximum atomic E-state index is 8.98. The van der Waals surface area contributed by atoms with Crippen molar-refractivity contribution in [2.45, 2.75) is 13.4 Å². The van der Waals surface area contributed by atoms with Gasteiger partial charge >= 0.3 is 7.05 Å². The lowest BCUT2D eigenvalue weighted by Crippen LogP contribution is -1.98. The molecule has 0 fully saturated rings. The molecule has 96 valence electrons. The molecule has 0 aliphatic heterocycles. The molecule has 0 spiro atoms. The Morgan fingerprint density at radius 1 is 1.11 bits per heavy atom. The van der Waals surface area contributed by atoms with Crippen LogP contribution in [-0.2, 0) is 6.54 Å². The molecule has 0 aliphatic carbocycles. The Kier molecular flexibility index (Phi) is 4.71. The summed E-state index contributed by atoms with van der Waals surface area (Å²) >= 11 is 5.97. The summed E-state index contributed by atoms with van der Waals surface area (Å²) in [6, 6.07) is 15.8. The molecular formula is C14H14BClN2O. The molecule has 19 heavy (non-hydrogen) atoms. The first-order valence-corrected chi connectivity index (χ1v) is 6.42. The molecule has 0 aliphatic rings. The smallest absolute Gasteiger partial charge is 0.430 e. The third-order valence-electron chi connectivity index (χ3n) is 2.61. The minimum absolute atomic E-state index is 0.473. The average molecular weight is 273 g/mol. The number of rotatable bonds is 4. The molecule has 0 bridgehead atoms. The molecule has 0 saturated heterocycles. The van der Waals surface area contributed by atoms with Gasteiger partial charge in [0.05, 0.1) is 6.54 Å². The van der Waals surface area contributed by atoms with Gasteiger partial charge in [-0.25, -0.2) is 10.1 Å². The zero-order chi connectivity index (χ0) is 13.7. The summed E-state index contributed by atoms with van der Waals surface area (Å²) in [5.74, 6) is 0. The SMILES string of the molecule is CB(O)N=NCc1ccc(-c2cccc(Cl)c2)cc1. The Morgan fingerprint density at radius 3 is 2.47 bits per heavy atom. The van der Waals surface area contributed by atoms with Gasteiger partial charge in [0, 0.05) is 5.02 Å². The van der Waals surface area contributed by atoms with Crippen molar-refractivity contribution in [1.29, 1.82) is 0 Å². The number of benzene rings is 2. The van der Waals surface area contributed by atoms with Crippen LogP contribution in [0, 0.1) is 0 Å². The van der Waals surface area contributed by atoms with Crippen LogP contribution in [0.4, 0.5) is 0 Å². The van der Waals surface area contributed by atoms with Crippen LogP contribution in [-0.4, -0.2) is 12.1 Å². The van der Waals surface area contributed by atoms with Crippen LogP contribution in [0.5, 0.6) is 0 Å². The quantitative estimate of drug-likeness (QED) is 0.662. The van der Waals surface area contributed by atoms with E-state index >= 15 is 0 Å². The number of hydrogen-bond acceptors (Lipinski definition) is 3. The lowest BCUT2D eigenvalue weighted by Gasteiger charge is -2.03. The second-order valence-corrected chi connectivity index (χ2v) is 4.69. The Balaban J connectivity index is 2.10. The highest BCUT2D eigenvalue weighted by molar-refractivity contribution is 6.45. The molecule has 0 aromatic heterocycles. The van der Waals surface area contributed by atoms with Crippen LogP contribution in [0.15, 0.2) is 58.7 Å². The summed E-state index contributed by atoms with van der Waals surface area (Å²) in [6.07, 6.45) is 0. The molecule has 0 atom stereocenters. The van der Waals surface area contributed by atoms with E-state index in [0.717, 1.165) is 21.7 Å². The Bertz CT molecular complexity index is 570. The maximum Gasteiger partial charge on any atom is 0.450 e. The average Bonchev–Trinajstić information content (AvgIpc) is 2.39. The first kappa shape index (κ1) is 13.8. The van der Waals surface area contributed by atoms with E-state index in [4.69, 9.17) is 16.6 Å². The fraction of sp³-hybridized carbons (Fsp3) is 0.143. The molecular weight excluding hydrogens is 258 g/mol. The van der Waals surface area contributed by atoms with Crippen molar-refractivity contribution in [2.75, 3.05) is 0 Å². The van der Waals surface area contributed by atoms with Gasteiger partial charge in [-0.1, -0.05) is 48.0 Å². The van der Waals surface area contributed by atoms with Crippen molar-refractivity contribution in [2.24, 2.45) is 10.1 Å². The zero-order valence-corrected chi connectivity index (χ0v) is 11.4. The predicted octanol–water partition coefficient (Wildman–Crippen LogP) is 4.07. The molecule has 2 rings (SSSR count). The zero-order valence-electron chi connectivity index (χ0n) is 10.6. The highest BCUT2D eigenvalue weighted by Gasteiger charge is 2.00. The van der Waals surface area contributed by atoms with E-state index in [1.165, 1.54) is 0 Å². The standard InChI is InChI=1S/C14H14BClN2O/c1-15(19)18-17-10-11-5-7-12(8-6-11)13-3-2-4-14(16)9-13/h2-9,19H,10H2,1H3. The fourth-order valence-corrected chi connectivity index (χ4v) is 1.90. The second kappa shape index (κ2) is 6.50. The Labute approximate surface area is 118 Å². The first-order valence-electron chi connectivity index (χ1n) is 6.05. The van der Waals surface area contributed by atoms with Crippen LogP contribution in [0.3, 0.4) is 0 Å². The Hall–Kier alpha value is -1.65. The molecule has 2 aromatic rings. The molecule has 0 radical (unpaired) electrons. The van der Waals surface area contributed by atoms with Gasteiger partial charge in [0.15, 0.2) is 0 Å². The van der Waals surface area contributed by atoms with Gasteiger partial charge in [-0.05, 0) is 35.6 Å². The van der Waals surface area contributed by atoms with E-state index in [2.05, 4.69) is 10.1 Å². The van der Waals surface area contributed by atoms with Crippen LogP contribution in [0.2, 0.25) is 11.8 Å². The number of nitrogens with zero attached hydrogens (tertiary/aromatic N) is 2. The van der Waals surface area contributed by atoms with E-state index in [0.29, 0.717) is 6.54 Å². The monoisotopic (exact) mass is 272 g/mol. The van der Waals surface area contributed by atoms with Gasteiger partial charge in [-0.2, -0.15) is 0 Å². The second-order valence-electron chi connectivity index (χ2n) is 4.25. The highest BCUT2D eigenvalue weighted by atomic mass is 35.5. The van der Waals surface area contributed by atoms with E-state index in [9.17, 15) is 0 Å². The molecule has 1 N–H and O–H groups in total. The van der Waals surface area contributed by atoms with Crippen LogP contribution in [0.1, 0.15) is 5.56 Å². The summed E-state index contributed by atoms with van der Waals surface area (Å²) in [7, 11) is -0.745. The van der Waals surface area contributed by atoms with Crippen molar-refractivity contribution in [1.82, 2.24) is 0 Å². The lowest BCUT2D eigenvalue weighted by atomic mass is 9.92. The van der Waals surface area contributed by atoms with Gasteiger partial charge in [0.1, 0.15) is 0 Å². The molecule has 0 amide bonds. The van der Waals surface area contributed by atoms with Crippen molar-refractivity contribution in [3.63, 3.8) is 0 Å². The van der Waals surface area contributed by atoms with Crippen LogP contribution in [0.25, 0.3) is 11.1 Å². The summed E-state index contributed by atoms with van der Waals surface area (Å²) < 4.78 is 0. The van der Waals surface area contributed by atoms with Crippen molar-refractivity contribution >= 4 is 18.7 Å². The molecule has 3 nitrogen and oxygen atoms in total. The summed E-state index contributed by atoms with van der Waals surface area (Å²) in [5, 5.41) is 17.3. The van der Waals surface area contributed by atoms with E-state index < -0.39 is 7.05 Å². The minimum atomic E-state index is -0.745. The summed E-state index contributed by atoms with van der Waals surface area (Å²) in [5.41, 5.74) is 3.25.